The summed E-state index contributed by atoms with van der Waals surface area (Å²) in [7, 11) is 0. The van der Waals surface area contributed by atoms with Crippen molar-refractivity contribution in [1.29, 1.82) is 0 Å². The van der Waals surface area contributed by atoms with Gasteiger partial charge in [-0.25, -0.2) is 4.98 Å². The summed E-state index contributed by atoms with van der Waals surface area (Å²) in [6, 6.07) is 1.82. The standard InChI is InChI=1S/C14H19N3O3S/c1-14(2,3)17(6-4-11(18)19)8-10-15-9-5-7-21-12(9)13(20)16-10/h5,7H,4,6,8H2,1-3H3,(H,18,19)(H,15,16,20). The molecule has 0 spiro atoms. The summed E-state index contributed by atoms with van der Waals surface area (Å²) in [6.45, 7) is 6.85. The van der Waals surface area contributed by atoms with Crippen molar-refractivity contribution >= 4 is 27.5 Å². The number of rotatable bonds is 5. The molecular weight excluding hydrogens is 290 g/mol. The Hall–Kier alpha value is -1.73. The summed E-state index contributed by atoms with van der Waals surface area (Å²) in [5.41, 5.74) is 0.334. The third kappa shape index (κ3) is 3.89. The number of carboxylic acid groups (broad SMARTS) is 1. The number of nitrogens with one attached hydrogen (secondary N) is 1. The highest BCUT2D eigenvalue weighted by molar-refractivity contribution is 7.17. The van der Waals surface area contributed by atoms with E-state index in [1.807, 2.05) is 37.1 Å². The van der Waals surface area contributed by atoms with Crippen LogP contribution in [0.2, 0.25) is 0 Å². The highest BCUT2D eigenvalue weighted by Gasteiger charge is 2.23. The first-order valence-corrected chi connectivity index (χ1v) is 7.58. The summed E-state index contributed by atoms with van der Waals surface area (Å²) >= 11 is 1.36. The van der Waals surface area contributed by atoms with E-state index < -0.39 is 5.97 Å². The fourth-order valence-electron chi connectivity index (χ4n) is 2.06. The lowest BCUT2D eigenvalue weighted by atomic mass is 10.1. The molecule has 2 aromatic heterocycles. The van der Waals surface area contributed by atoms with E-state index in [9.17, 15) is 9.59 Å². The second-order valence-corrected chi connectivity index (χ2v) is 6.80. The maximum absolute atomic E-state index is 12.0. The molecule has 2 heterocycles. The zero-order valence-electron chi connectivity index (χ0n) is 12.3. The molecule has 2 rings (SSSR count). The quantitative estimate of drug-likeness (QED) is 0.883. The number of aromatic amines is 1. The Labute approximate surface area is 126 Å². The maximum Gasteiger partial charge on any atom is 0.304 e. The number of aliphatic carboxylic acids is 1. The summed E-state index contributed by atoms with van der Waals surface area (Å²) < 4.78 is 0.617. The molecule has 0 amide bonds. The number of hydrogen-bond donors (Lipinski definition) is 2. The third-order valence-electron chi connectivity index (χ3n) is 3.25. The largest absolute Gasteiger partial charge is 0.481 e. The lowest BCUT2D eigenvalue weighted by Crippen LogP contribution is -2.42. The molecule has 2 N–H and O–H groups in total. The molecule has 21 heavy (non-hydrogen) atoms. The summed E-state index contributed by atoms with van der Waals surface area (Å²) in [5, 5.41) is 10.7. The van der Waals surface area contributed by atoms with Crippen molar-refractivity contribution in [2.24, 2.45) is 0 Å². The van der Waals surface area contributed by atoms with Gasteiger partial charge in [0.15, 0.2) is 0 Å². The first kappa shape index (κ1) is 15.7. The second kappa shape index (κ2) is 5.95. The van der Waals surface area contributed by atoms with Crippen LogP contribution in [-0.4, -0.2) is 38.0 Å². The number of hydrogen-bond acceptors (Lipinski definition) is 5. The monoisotopic (exact) mass is 309 g/mol. The Bertz CT molecular complexity index is 699. The van der Waals surface area contributed by atoms with Crippen LogP contribution in [0.1, 0.15) is 33.0 Å². The van der Waals surface area contributed by atoms with Gasteiger partial charge in [0.25, 0.3) is 5.56 Å². The SMILES string of the molecule is CC(C)(C)N(CCC(=O)O)Cc1nc2ccsc2c(=O)[nH]1. The molecule has 114 valence electrons. The number of aromatic nitrogens is 2. The first-order valence-electron chi connectivity index (χ1n) is 6.70. The van der Waals surface area contributed by atoms with Gasteiger partial charge in [0.05, 0.1) is 18.5 Å². The van der Waals surface area contributed by atoms with Gasteiger partial charge in [0, 0.05) is 12.1 Å². The molecule has 6 nitrogen and oxygen atoms in total. The summed E-state index contributed by atoms with van der Waals surface area (Å²) in [4.78, 5) is 32.0. The molecule has 2 aromatic rings. The molecule has 0 radical (unpaired) electrons. The molecule has 0 saturated carbocycles. The summed E-state index contributed by atoms with van der Waals surface area (Å²) in [5.74, 6) is -0.273. The average molecular weight is 309 g/mol. The van der Waals surface area contributed by atoms with Gasteiger partial charge in [-0.1, -0.05) is 0 Å². The lowest BCUT2D eigenvalue weighted by Gasteiger charge is -2.34. The van der Waals surface area contributed by atoms with Gasteiger partial charge in [0.1, 0.15) is 10.5 Å². The Morgan fingerprint density at radius 2 is 2.19 bits per heavy atom. The Balaban J connectivity index is 2.25. The van der Waals surface area contributed by atoms with Crippen molar-refractivity contribution < 1.29 is 9.90 Å². The minimum atomic E-state index is -0.834. The van der Waals surface area contributed by atoms with E-state index in [4.69, 9.17) is 5.11 Å². The molecule has 0 aliphatic rings. The number of fused-ring (bicyclic) bond motifs is 1. The molecule has 7 heteroatoms. The van der Waals surface area contributed by atoms with E-state index in [-0.39, 0.29) is 17.5 Å². The van der Waals surface area contributed by atoms with Gasteiger partial charge >= 0.3 is 5.97 Å². The van der Waals surface area contributed by atoms with E-state index >= 15 is 0 Å². The number of thiophene rings is 1. The predicted octanol–water partition coefficient (Wildman–Crippen LogP) is 2.06. The third-order valence-corrected chi connectivity index (χ3v) is 4.15. The molecule has 0 aliphatic heterocycles. The lowest BCUT2D eigenvalue weighted by molar-refractivity contribution is -0.137. The molecule has 0 aliphatic carbocycles. The van der Waals surface area contributed by atoms with Gasteiger partial charge in [-0.05, 0) is 32.2 Å². The van der Waals surface area contributed by atoms with Crippen molar-refractivity contribution in [3.05, 3.63) is 27.6 Å². The Kier molecular flexibility index (Phi) is 4.43. The molecule has 0 saturated heterocycles. The van der Waals surface area contributed by atoms with Crippen LogP contribution in [0.3, 0.4) is 0 Å². The van der Waals surface area contributed by atoms with Crippen molar-refractivity contribution in [2.45, 2.75) is 39.3 Å². The van der Waals surface area contributed by atoms with Crippen LogP contribution in [0.15, 0.2) is 16.2 Å². The van der Waals surface area contributed by atoms with Gasteiger partial charge in [-0.15, -0.1) is 11.3 Å². The van der Waals surface area contributed by atoms with Crippen LogP contribution >= 0.6 is 11.3 Å². The fraction of sp³-hybridized carbons (Fsp3) is 0.500. The van der Waals surface area contributed by atoms with E-state index in [0.29, 0.717) is 29.1 Å². The Morgan fingerprint density at radius 3 is 2.81 bits per heavy atom. The van der Waals surface area contributed by atoms with E-state index in [0.717, 1.165) is 0 Å². The minimum absolute atomic E-state index is 0.0577. The summed E-state index contributed by atoms with van der Waals surface area (Å²) in [6.07, 6.45) is 0.0577. The topological polar surface area (TPSA) is 86.3 Å². The van der Waals surface area contributed by atoms with Gasteiger partial charge < -0.3 is 10.1 Å². The minimum Gasteiger partial charge on any atom is -0.481 e. The second-order valence-electron chi connectivity index (χ2n) is 5.88. The number of carboxylic acids is 1. The molecule has 0 bridgehead atoms. The van der Waals surface area contributed by atoms with E-state index in [1.54, 1.807) is 0 Å². The maximum atomic E-state index is 12.0. The van der Waals surface area contributed by atoms with Crippen LogP contribution in [0.25, 0.3) is 10.2 Å². The average Bonchev–Trinajstić information content (AvgIpc) is 2.81. The molecular formula is C14H19N3O3S. The van der Waals surface area contributed by atoms with Gasteiger partial charge in [-0.2, -0.15) is 0 Å². The van der Waals surface area contributed by atoms with Crippen LogP contribution < -0.4 is 5.56 Å². The zero-order valence-corrected chi connectivity index (χ0v) is 13.2. The number of H-pyrrole nitrogens is 1. The molecule has 0 unspecified atom stereocenters. The highest BCUT2D eigenvalue weighted by Crippen LogP contribution is 2.18. The smallest absolute Gasteiger partial charge is 0.304 e. The van der Waals surface area contributed by atoms with Gasteiger partial charge in [0.2, 0.25) is 0 Å². The fourth-order valence-corrected chi connectivity index (χ4v) is 2.79. The Morgan fingerprint density at radius 1 is 1.48 bits per heavy atom. The van der Waals surface area contributed by atoms with Crippen LogP contribution in [0.4, 0.5) is 0 Å². The van der Waals surface area contributed by atoms with Crippen LogP contribution in [-0.2, 0) is 11.3 Å². The molecule has 0 atom stereocenters. The van der Waals surface area contributed by atoms with Crippen molar-refractivity contribution in [1.82, 2.24) is 14.9 Å². The van der Waals surface area contributed by atoms with E-state index in [1.165, 1.54) is 11.3 Å². The van der Waals surface area contributed by atoms with Gasteiger partial charge in [-0.3, -0.25) is 14.5 Å². The number of nitrogens with zero attached hydrogens (tertiary/aromatic N) is 2. The highest BCUT2D eigenvalue weighted by atomic mass is 32.1. The zero-order chi connectivity index (χ0) is 15.6. The first-order chi connectivity index (χ1) is 9.77. The van der Waals surface area contributed by atoms with Crippen molar-refractivity contribution in [3.63, 3.8) is 0 Å². The van der Waals surface area contributed by atoms with Crippen molar-refractivity contribution in [2.75, 3.05) is 6.54 Å². The number of carbonyl (C=O) groups is 1. The van der Waals surface area contributed by atoms with Crippen LogP contribution in [0, 0.1) is 0 Å². The molecule has 0 fully saturated rings. The molecule has 0 aromatic carbocycles. The predicted molar refractivity (Wildman–Crippen MR) is 82.7 cm³/mol. The normalized spacial score (nSPS) is 12.2. The van der Waals surface area contributed by atoms with E-state index in [2.05, 4.69) is 9.97 Å². The van der Waals surface area contributed by atoms with Crippen molar-refractivity contribution in [3.8, 4) is 0 Å². The van der Waals surface area contributed by atoms with Crippen LogP contribution in [0.5, 0.6) is 0 Å².